The van der Waals surface area contributed by atoms with Crippen molar-refractivity contribution >= 4 is 0 Å². The molecule has 1 nitrogen and oxygen atoms in total. The summed E-state index contributed by atoms with van der Waals surface area (Å²) in [7, 11) is 1.87. The maximum atomic E-state index is 5.55. The second-order valence-corrected chi connectivity index (χ2v) is 11.3. The summed E-state index contributed by atoms with van der Waals surface area (Å²) in [5.74, 6) is 4.25. The first-order chi connectivity index (χ1) is 12.8. The first kappa shape index (κ1) is 19.7. The normalized spacial score (nSPS) is 51.8. The van der Waals surface area contributed by atoms with E-state index in [1.807, 2.05) is 7.11 Å². The van der Waals surface area contributed by atoms with Crippen LogP contribution in [0.15, 0.2) is 24.8 Å². The fraction of sp³-hybridized carbons (Fsp3) is 0.846. The standard InChI is InChI=1S/C26H42O/c1-7-26-15-11-20-22-9-8-21(18(2)3)24(22,4)13-12-23(20)25(26,5)14-10-19(16-26)17-27-6/h7,19-23H,1-2,8-17H2,3-6H3/t19-,20-,21+,22?,23?,24+,25+,26+/m0/s1. The molecule has 0 bridgehead atoms. The molecule has 27 heavy (non-hydrogen) atoms. The topological polar surface area (TPSA) is 9.23 Å². The molecule has 0 radical (unpaired) electrons. The number of ether oxygens (including phenoxy) is 1. The Bertz CT molecular complexity index is 607. The molecule has 0 aromatic rings. The molecule has 2 unspecified atom stereocenters. The Balaban J connectivity index is 1.63. The predicted molar refractivity (Wildman–Crippen MR) is 115 cm³/mol. The largest absolute Gasteiger partial charge is 0.384 e. The van der Waals surface area contributed by atoms with Crippen LogP contribution in [0.5, 0.6) is 0 Å². The zero-order valence-corrected chi connectivity index (χ0v) is 18.4. The molecule has 4 saturated carbocycles. The Morgan fingerprint density at radius 1 is 1.04 bits per heavy atom. The third-order valence-electron chi connectivity index (χ3n) is 10.4. The Labute approximate surface area is 168 Å². The van der Waals surface area contributed by atoms with E-state index in [4.69, 9.17) is 4.74 Å². The van der Waals surface area contributed by atoms with Gasteiger partial charge in [0.25, 0.3) is 0 Å². The van der Waals surface area contributed by atoms with E-state index in [9.17, 15) is 0 Å². The first-order valence-corrected chi connectivity index (χ1v) is 11.6. The molecular weight excluding hydrogens is 328 g/mol. The molecule has 0 heterocycles. The second-order valence-electron chi connectivity index (χ2n) is 11.3. The summed E-state index contributed by atoms with van der Waals surface area (Å²) < 4.78 is 5.55. The molecule has 4 fully saturated rings. The fourth-order valence-corrected chi connectivity index (χ4v) is 9.06. The van der Waals surface area contributed by atoms with Gasteiger partial charge in [0.05, 0.1) is 0 Å². The average molecular weight is 371 g/mol. The number of hydrogen-bond acceptors (Lipinski definition) is 1. The van der Waals surface area contributed by atoms with E-state index in [0.29, 0.717) is 16.2 Å². The molecule has 4 aliphatic carbocycles. The lowest BCUT2D eigenvalue weighted by atomic mass is 9.39. The van der Waals surface area contributed by atoms with E-state index in [1.165, 1.54) is 63.4 Å². The number of hydrogen-bond donors (Lipinski definition) is 0. The molecule has 0 aliphatic heterocycles. The molecule has 0 N–H and O–H groups in total. The molecule has 8 atom stereocenters. The number of allylic oxidation sites excluding steroid dienone is 2. The smallest absolute Gasteiger partial charge is 0.0490 e. The molecule has 0 saturated heterocycles. The van der Waals surface area contributed by atoms with Crippen molar-refractivity contribution in [3.05, 3.63) is 24.8 Å². The lowest BCUT2D eigenvalue weighted by Crippen LogP contribution is -2.58. The third-order valence-corrected chi connectivity index (χ3v) is 10.4. The third kappa shape index (κ3) is 2.66. The van der Waals surface area contributed by atoms with Crippen LogP contribution in [0.4, 0.5) is 0 Å². The van der Waals surface area contributed by atoms with E-state index in [0.717, 1.165) is 36.2 Å². The first-order valence-electron chi connectivity index (χ1n) is 11.6. The molecule has 4 aliphatic rings. The molecular formula is C26H42O. The summed E-state index contributed by atoms with van der Waals surface area (Å²) in [5.41, 5.74) is 2.76. The monoisotopic (exact) mass is 370 g/mol. The number of rotatable bonds is 4. The second kappa shape index (κ2) is 6.75. The SMILES string of the molecule is C=C[C@]12CC[C@H]3C4CC[C@H](C(=C)C)[C@@]4(C)CCC3[C@@]1(C)CC[C@H](COC)C2. The molecule has 1 heteroatoms. The average Bonchev–Trinajstić information content (AvgIpc) is 2.99. The van der Waals surface area contributed by atoms with Gasteiger partial charge in [-0.1, -0.05) is 32.1 Å². The lowest BCUT2D eigenvalue weighted by molar-refractivity contribution is -0.150. The summed E-state index contributed by atoms with van der Waals surface area (Å²) in [4.78, 5) is 0. The van der Waals surface area contributed by atoms with Crippen molar-refractivity contribution < 1.29 is 4.74 Å². The molecule has 152 valence electrons. The van der Waals surface area contributed by atoms with E-state index in [2.05, 4.69) is 40.0 Å². The van der Waals surface area contributed by atoms with Crippen molar-refractivity contribution in [3.8, 4) is 0 Å². The van der Waals surface area contributed by atoms with E-state index < -0.39 is 0 Å². The quantitative estimate of drug-likeness (QED) is 0.482. The Kier molecular flexibility index (Phi) is 4.94. The number of methoxy groups -OCH3 is 1. The highest BCUT2D eigenvalue weighted by Crippen LogP contribution is 2.71. The Hall–Kier alpha value is -0.560. The number of fused-ring (bicyclic) bond motifs is 5. The van der Waals surface area contributed by atoms with Gasteiger partial charge in [-0.15, -0.1) is 6.58 Å². The van der Waals surface area contributed by atoms with Crippen LogP contribution in [0, 0.1) is 45.8 Å². The van der Waals surface area contributed by atoms with Crippen molar-refractivity contribution in [2.45, 2.75) is 78.6 Å². The van der Waals surface area contributed by atoms with Crippen LogP contribution in [-0.2, 0) is 4.74 Å². The fourth-order valence-electron chi connectivity index (χ4n) is 9.06. The predicted octanol–water partition coefficient (Wildman–Crippen LogP) is 7.04. The van der Waals surface area contributed by atoms with Crippen molar-refractivity contribution in [2.75, 3.05) is 13.7 Å². The van der Waals surface area contributed by atoms with Gasteiger partial charge in [0.2, 0.25) is 0 Å². The van der Waals surface area contributed by atoms with Gasteiger partial charge in [0, 0.05) is 13.7 Å². The van der Waals surface area contributed by atoms with Crippen LogP contribution in [0.3, 0.4) is 0 Å². The summed E-state index contributed by atoms with van der Waals surface area (Å²) in [6, 6.07) is 0. The van der Waals surface area contributed by atoms with Crippen LogP contribution < -0.4 is 0 Å². The van der Waals surface area contributed by atoms with Gasteiger partial charge >= 0.3 is 0 Å². The highest BCUT2D eigenvalue weighted by Gasteiger charge is 2.63. The highest BCUT2D eigenvalue weighted by atomic mass is 16.5. The summed E-state index contributed by atoms with van der Waals surface area (Å²) in [6.45, 7) is 17.3. The molecule has 4 rings (SSSR count). The van der Waals surface area contributed by atoms with Gasteiger partial charge in [0.1, 0.15) is 0 Å². The van der Waals surface area contributed by atoms with Gasteiger partial charge < -0.3 is 4.74 Å². The minimum absolute atomic E-state index is 0.343. The zero-order chi connectivity index (χ0) is 19.4. The van der Waals surface area contributed by atoms with Crippen LogP contribution in [0.1, 0.15) is 78.6 Å². The van der Waals surface area contributed by atoms with Crippen molar-refractivity contribution in [2.24, 2.45) is 45.8 Å². The Morgan fingerprint density at radius 3 is 2.48 bits per heavy atom. The van der Waals surface area contributed by atoms with Crippen LogP contribution >= 0.6 is 0 Å². The molecule has 0 amide bonds. The van der Waals surface area contributed by atoms with E-state index >= 15 is 0 Å². The maximum absolute atomic E-state index is 5.55. The molecule has 0 spiro atoms. The Morgan fingerprint density at radius 2 is 1.81 bits per heavy atom. The summed E-state index contributed by atoms with van der Waals surface area (Å²) in [6.07, 6.45) is 14.9. The van der Waals surface area contributed by atoms with Gasteiger partial charge in [-0.3, -0.25) is 0 Å². The van der Waals surface area contributed by atoms with Gasteiger partial charge in [-0.25, -0.2) is 0 Å². The van der Waals surface area contributed by atoms with Gasteiger partial charge in [-0.2, -0.15) is 0 Å². The summed E-state index contributed by atoms with van der Waals surface area (Å²) in [5, 5.41) is 0. The molecule has 0 aromatic carbocycles. The van der Waals surface area contributed by atoms with Crippen molar-refractivity contribution in [1.29, 1.82) is 0 Å². The van der Waals surface area contributed by atoms with Gasteiger partial charge in [0.15, 0.2) is 0 Å². The van der Waals surface area contributed by atoms with Gasteiger partial charge in [-0.05, 0) is 111 Å². The van der Waals surface area contributed by atoms with Crippen molar-refractivity contribution in [3.63, 3.8) is 0 Å². The lowest BCUT2D eigenvalue weighted by Gasteiger charge is -2.65. The minimum atomic E-state index is 0.343. The minimum Gasteiger partial charge on any atom is -0.384 e. The molecule has 0 aromatic heterocycles. The summed E-state index contributed by atoms with van der Waals surface area (Å²) >= 11 is 0. The maximum Gasteiger partial charge on any atom is 0.0490 e. The van der Waals surface area contributed by atoms with Crippen LogP contribution in [-0.4, -0.2) is 13.7 Å². The zero-order valence-electron chi connectivity index (χ0n) is 18.4. The van der Waals surface area contributed by atoms with Crippen LogP contribution in [0.2, 0.25) is 0 Å². The van der Waals surface area contributed by atoms with Crippen LogP contribution in [0.25, 0.3) is 0 Å². The van der Waals surface area contributed by atoms with Crippen molar-refractivity contribution in [1.82, 2.24) is 0 Å². The van der Waals surface area contributed by atoms with E-state index in [1.54, 1.807) is 0 Å². The highest BCUT2D eigenvalue weighted by molar-refractivity contribution is 5.19. The van der Waals surface area contributed by atoms with E-state index in [-0.39, 0.29) is 0 Å².